The number of nitrogens with zero attached hydrogens (tertiary/aromatic N) is 5. The molecule has 6 nitrogen and oxygen atoms in total. The highest BCUT2D eigenvalue weighted by atomic mass is 16.5. The molecule has 0 amide bonds. The summed E-state index contributed by atoms with van der Waals surface area (Å²) >= 11 is 0. The second-order valence-electron chi connectivity index (χ2n) is 2.98. The van der Waals surface area contributed by atoms with Gasteiger partial charge in [-0.05, 0) is 11.6 Å². The molecule has 2 heterocycles. The van der Waals surface area contributed by atoms with Crippen LogP contribution in [0.1, 0.15) is 19.8 Å². The van der Waals surface area contributed by atoms with Gasteiger partial charge in [0.2, 0.25) is 11.9 Å². The van der Waals surface area contributed by atoms with Crippen molar-refractivity contribution in [3.05, 3.63) is 0 Å². The van der Waals surface area contributed by atoms with Gasteiger partial charge in [0.15, 0.2) is 5.84 Å². The van der Waals surface area contributed by atoms with Crippen molar-refractivity contribution in [1.29, 1.82) is 0 Å². The van der Waals surface area contributed by atoms with Gasteiger partial charge in [-0.25, -0.2) is 9.98 Å². The standard InChI is InChI=1S/C8H11N5O/c1-2-3-4-14-8-6-7(9-5-10-8)12-13-11-6/h5-6H,2-4H2,1H3. The molecule has 0 aromatic carbocycles. The van der Waals surface area contributed by atoms with Crippen LogP contribution in [0.15, 0.2) is 25.4 Å². The maximum absolute atomic E-state index is 5.46. The summed E-state index contributed by atoms with van der Waals surface area (Å²) in [5.74, 6) is 1.11. The molecule has 0 aromatic rings. The minimum Gasteiger partial charge on any atom is -0.479 e. The molecule has 0 radical (unpaired) electrons. The highest BCUT2D eigenvalue weighted by Gasteiger charge is 2.29. The van der Waals surface area contributed by atoms with E-state index in [1.165, 1.54) is 6.34 Å². The zero-order valence-corrected chi connectivity index (χ0v) is 7.92. The number of aliphatic imine (C=N–C) groups is 2. The number of amidine groups is 1. The molecule has 14 heavy (non-hydrogen) atoms. The second kappa shape index (κ2) is 4.08. The highest BCUT2D eigenvalue weighted by molar-refractivity contribution is 6.14. The topological polar surface area (TPSA) is 71.0 Å². The summed E-state index contributed by atoms with van der Waals surface area (Å²) in [6.45, 7) is 2.76. The average Bonchev–Trinajstić information content (AvgIpc) is 2.67. The molecule has 0 aliphatic carbocycles. The van der Waals surface area contributed by atoms with E-state index in [1.54, 1.807) is 0 Å². The zero-order chi connectivity index (χ0) is 9.80. The monoisotopic (exact) mass is 193 g/mol. The lowest BCUT2D eigenvalue weighted by molar-refractivity contribution is 0.288. The molecule has 2 rings (SSSR count). The van der Waals surface area contributed by atoms with E-state index in [1.807, 2.05) is 0 Å². The van der Waals surface area contributed by atoms with E-state index in [4.69, 9.17) is 4.74 Å². The largest absolute Gasteiger partial charge is 0.479 e. The molecule has 6 heteroatoms. The molecule has 74 valence electrons. The van der Waals surface area contributed by atoms with E-state index in [0.717, 1.165) is 12.8 Å². The first kappa shape index (κ1) is 8.98. The van der Waals surface area contributed by atoms with Crippen molar-refractivity contribution < 1.29 is 4.74 Å². The lowest BCUT2D eigenvalue weighted by Gasteiger charge is -2.13. The Labute approximate surface area is 81.5 Å². The lowest BCUT2D eigenvalue weighted by atomic mass is 10.2. The highest BCUT2D eigenvalue weighted by Crippen LogP contribution is 2.12. The Morgan fingerprint density at radius 2 is 2.43 bits per heavy atom. The summed E-state index contributed by atoms with van der Waals surface area (Å²) in [5.41, 5.74) is 0. The van der Waals surface area contributed by atoms with Gasteiger partial charge >= 0.3 is 0 Å². The summed E-state index contributed by atoms with van der Waals surface area (Å²) < 4.78 is 5.46. The first-order valence-corrected chi connectivity index (χ1v) is 4.62. The van der Waals surface area contributed by atoms with Crippen molar-refractivity contribution in [1.82, 2.24) is 0 Å². The fourth-order valence-electron chi connectivity index (χ4n) is 1.14. The normalized spacial score (nSPS) is 23.1. The van der Waals surface area contributed by atoms with Gasteiger partial charge in [0.05, 0.1) is 6.61 Å². The summed E-state index contributed by atoms with van der Waals surface area (Å²) in [6, 6.07) is -0.308. The number of fused-ring (bicyclic) bond motifs is 1. The van der Waals surface area contributed by atoms with Crippen molar-refractivity contribution in [2.75, 3.05) is 6.61 Å². The van der Waals surface area contributed by atoms with E-state index in [-0.39, 0.29) is 6.04 Å². The van der Waals surface area contributed by atoms with Crippen LogP contribution in [0.3, 0.4) is 0 Å². The van der Waals surface area contributed by atoms with E-state index >= 15 is 0 Å². The molecule has 0 saturated heterocycles. The molecule has 1 atom stereocenters. The first-order valence-electron chi connectivity index (χ1n) is 4.62. The van der Waals surface area contributed by atoms with E-state index in [0.29, 0.717) is 18.3 Å². The van der Waals surface area contributed by atoms with Crippen molar-refractivity contribution in [3.63, 3.8) is 0 Å². The Balaban J connectivity index is 1.97. The molecule has 0 spiro atoms. The van der Waals surface area contributed by atoms with Crippen LogP contribution in [0, 0.1) is 0 Å². The maximum Gasteiger partial charge on any atom is 0.225 e. The Morgan fingerprint density at radius 1 is 1.50 bits per heavy atom. The Morgan fingerprint density at radius 3 is 3.29 bits per heavy atom. The molecule has 0 aromatic heterocycles. The van der Waals surface area contributed by atoms with E-state index < -0.39 is 0 Å². The van der Waals surface area contributed by atoms with Gasteiger partial charge in [-0.1, -0.05) is 13.3 Å². The van der Waals surface area contributed by atoms with Gasteiger partial charge in [-0.2, -0.15) is 0 Å². The zero-order valence-electron chi connectivity index (χ0n) is 7.92. The van der Waals surface area contributed by atoms with Crippen LogP contribution < -0.4 is 0 Å². The third-order valence-electron chi connectivity index (χ3n) is 1.92. The van der Waals surface area contributed by atoms with Crippen molar-refractivity contribution >= 4 is 18.1 Å². The van der Waals surface area contributed by atoms with Crippen LogP contribution in [0.5, 0.6) is 0 Å². The van der Waals surface area contributed by atoms with Gasteiger partial charge < -0.3 is 4.74 Å². The first-order chi connectivity index (χ1) is 6.92. The van der Waals surface area contributed by atoms with Crippen molar-refractivity contribution in [3.8, 4) is 0 Å². The van der Waals surface area contributed by atoms with E-state index in [2.05, 4.69) is 32.3 Å². The summed E-state index contributed by atoms with van der Waals surface area (Å²) in [6.07, 6.45) is 3.52. The number of hydrogen-bond acceptors (Lipinski definition) is 6. The minimum absolute atomic E-state index is 0.308. The number of unbranched alkanes of at least 4 members (excludes halogenated alkanes) is 1. The third-order valence-corrected chi connectivity index (χ3v) is 1.92. The Bertz CT molecular complexity index is 331. The second-order valence-corrected chi connectivity index (χ2v) is 2.98. The quantitative estimate of drug-likeness (QED) is 0.624. The van der Waals surface area contributed by atoms with Gasteiger partial charge in [0, 0.05) is 0 Å². The fourth-order valence-corrected chi connectivity index (χ4v) is 1.14. The summed E-state index contributed by atoms with van der Waals surface area (Å²) in [5, 5.41) is 11.2. The van der Waals surface area contributed by atoms with Gasteiger partial charge in [0.1, 0.15) is 6.34 Å². The summed E-state index contributed by atoms with van der Waals surface area (Å²) in [4.78, 5) is 7.95. The lowest BCUT2D eigenvalue weighted by Crippen LogP contribution is -2.30. The smallest absolute Gasteiger partial charge is 0.225 e. The van der Waals surface area contributed by atoms with Crippen LogP contribution in [0.25, 0.3) is 0 Å². The van der Waals surface area contributed by atoms with Gasteiger partial charge in [-0.15, -0.1) is 10.2 Å². The number of ether oxygens (including phenoxy) is 1. The van der Waals surface area contributed by atoms with Crippen molar-refractivity contribution in [2.24, 2.45) is 25.4 Å². The summed E-state index contributed by atoms with van der Waals surface area (Å²) in [7, 11) is 0. The van der Waals surface area contributed by atoms with E-state index in [9.17, 15) is 0 Å². The average molecular weight is 193 g/mol. The molecule has 0 saturated carbocycles. The van der Waals surface area contributed by atoms with Crippen molar-refractivity contribution in [2.45, 2.75) is 25.8 Å². The minimum atomic E-state index is -0.308. The molecule has 1 unspecified atom stereocenters. The molecule has 0 bridgehead atoms. The van der Waals surface area contributed by atoms with Crippen LogP contribution in [0.2, 0.25) is 0 Å². The molecule has 0 N–H and O–H groups in total. The fraction of sp³-hybridized carbons (Fsp3) is 0.625. The Kier molecular flexibility index (Phi) is 2.62. The van der Waals surface area contributed by atoms with Crippen LogP contribution in [0.4, 0.5) is 0 Å². The predicted octanol–water partition coefficient (Wildman–Crippen LogP) is 1.39. The van der Waals surface area contributed by atoms with Crippen LogP contribution in [-0.4, -0.2) is 30.7 Å². The molecule has 2 aliphatic rings. The molecular weight excluding hydrogens is 182 g/mol. The Hall–Kier alpha value is -1.59. The number of rotatable bonds is 3. The molecule has 0 fully saturated rings. The van der Waals surface area contributed by atoms with Crippen LogP contribution >= 0.6 is 0 Å². The van der Waals surface area contributed by atoms with Gasteiger partial charge in [-0.3, -0.25) is 0 Å². The maximum atomic E-state index is 5.46. The van der Waals surface area contributed by atoms with Gasteiger partial charge in [0.25, 0.3) is 0 Å². The van der Waals surface area contributed by atoms with Crippen LogP contribution in [-0.2, 0) is 4.74 Å². The number of hydrogen-bond donors (Lipinski definition) is 0. The predicted molar refractivity (Wildman–Crippen MR) is 52.9 cm³/mol. The third kappa shape index (κ3) is 1.68. The molecular formula is C8H11N5O. The SMILES string of the molecule is CCCCOC1=NC=NC2=NN=NC21. The molecule has 2 aliphatic heterocycles.